The lowest BCUT2D eigenvalue weighted by molar-refractivity contribution is 0.569. The number of aryl methyl sites for hydroxylation is 3. The molecule has 0 aliphatic carbocycles. The van der Waals surface area contributed by atoms with Crippen molar-refractivity contribution in [3.8, 4) is 0 Å². The van der Waals surface area contributed by atoms with E-state index in [1.54, 1.807) is 0 Å². The van der Waals surface area contributed by atoms with Crippen molar-refractivity contribution in [1.29, 1.82) is 0 Å². The smallest absolute Gasteiger partial charge is 0.155 e. The molecule has 4 nitrogen and oxygen atoms in total. The second kappa shape index (κ2) is 5.58. The van der Waals surface area contributed by atoms with Crippen molar-refractivity contribution in [1.82, 2.24) is 19.9 Å². The number of hydrogen-bond donors (Lipinski definition) is 1. The number of hydrogen-bond acceptors (Lipinski definition) is 4. The van der Waals surface area contributed by atoms with Gasteiger partial charge in [0.2, 0.25) is 0 Å². The summed E-state index contributed by atoms with van der Waals surface area (Å²) in [6.45, 7) is 9.29. The molecule has 0 aliphatic rings. The molecule has 1 N–H and O–H groups in total. The van der Waals surface area contributed by atoms with Gasteiger partial charge in [-0.3, -0.25) is 0 Å². The average Bonchev–Trinajstić information content (AvgIpc) is 3.02. The third-order valence-electron chi connectivity index (χ3n) is 3.73. The van der Waals surface area contributed by atoms with Crippen LogP contribution in [0.25, 0.3) is 5.65 Å². The Balaban J connectivity index is 1.80. The summed E-state index contributed by atoms with van der Waals surface area (Å²) >= 11 is 1.84. The fourth-order valence-corrected chi connectivity index (χ4v) is 3.39. The van der Waals surface area contributed by atoms with Crippen molar-refractivity contribution < 1.29 is 0 Å². The Labute approximate surface area is 128 Å². The van der Waals surface area contributed by atoms with E-state index < -0.39 is 0 Å². The van der Waals surface area contributed by atoms with Crippen LogP contribution in [-0.4, -0.2) is 14.6 Å². The number of nitrogens with zero attached hydrogens (tertiary/aromatic N) is 3. The van der Waals surface area contributed by atoms with E-state index in [2.05, 4.69) is 48.3 Å². The van der Waals surface area contributed by atoms with E-state index in [0.717, 1.165) is 23.6 Å². The lowest BCUT2D eigenvalue weighted by atomic mass is 10.1. The minimum atomic E-state index is 0.244. The molecule has 1 unspecified atom stereocenters. The van der Waals surface area contributed by atoms with Crippen molar-refractivity contribution in [2.75, 3.05) is 0 Å². The van der Waals surface area contributed by atoms with Crippen LogP contribution in [0.4, 0.5) is 0 Å². The van der Waals surface area contributed by atoms with Crippen molar-refractivity contribution in [2.45, 2.75) is 40.3 Å². The maximum Gasteiger partial charge on any atom is 0.155 e. The van der Waals surface area contributed by atoms with Crippen LogP contribution < -0.4 is 5.32 Å². The first-order valence-electron chi connectivity index (χ1n) is 7.15. The number of rotatable bonds is 4. The number of nitrogens with one attached hydrogen (secondary N) is 1. The van der Waals surface area contributed by atoms with Gasteiger partial charge in [0, 0.05) is 45.9 Å². The molecule has 0 saturated heterocycles. The Kier molecular flexibility index (Phi) is 3.78. The van der Waals surface area contributed by atoms with Gasteiger partial charge in [0.15, 0.2) is 5.65 Å². The molecule has 3 aromatic rings. The lowest BCUT2D eigenvalue weighted by Crippen LogP contribution is -2.19. The van der Waals surface area contributed by atoms with Crippen LogP contribution >= 0.6 is 11.3 Å². The number of aromatic nitrogens is 3. The van der Waals surface area contributed by atoms with Crippen LogP contribution in [0, 0.1) is 20.8 Å². The summed E-state index contributed by atoms with van der Waals surface area (Å²) < 4.78 is 1.93. The predicted molar refractivity (Wildman–Crippen MR) is 86.8 cm³/mol. The topological polar surface area (TPSA) is 42.2 Å². The van der Waals surface area contributed by atoms with Crippen molar-refractivity contribution in [3.05, 3.63) is 51.1 Å². The Morgan fingerprint density at radius 3 is 2.81 bits per heavy atom. The molecule has 110 valence electrons. The van der Waals surface area contributed by atoms with Gasteiger partial charge in [-0.25, -0.2) is 9.50 Å². The fraction of sp³-hybridized carbons (Fsp3) is 0.375. The van der Waals surface area contributed by atoms with E-state index in [1.165, 1.54) is 15.3 Å². The normalized spacial score (nSPS) is 13.0. The standard InChI is InChI=1S/C16H20N4S/c1-10-7-16-18-9-15(13(4)20(16)19-10)12(3)17-8-14-6-5-11(2)21-14/h5-7,9,12,17H,8H2,1-4H3. The summed E-state index contributed by atoms with van der Waals surface area (Å²) in [5, 5.41) is 8.08. The Morgan fingerprint density at radius 1 is 1.29 bits per heavy atom. The highest BCUT2D eigenvalue weighted by Gasteiger charge is 2.13. The summed E-state index contributed by atoms with van der Waals surface area (Å²) in [5.74, 6) is 0. The van der Waals surface area contributed by atoms with Gasteiger partial charge in [0.25, 0.3) is 0 Å². The largest absolute Gasteiger partial charge is 0.305 e. The van der Waals surface area contributed by atoms with E-state index in [4.69, 9.17) is 0 Å². The second-order valence-corrected chi connectivity index (χ2v) is 6.84. The maximum absolute atomic E-state index is 4.51. The molecule has 0 fully saturated rings. The molecule has 0 spiro atoms. The van der Waals surface area contributed by atoms with Crippen LogP contribution in [0.3, 0.4) is 0 Å². The van der Waals surface area contributed by atoms with E-state index in [-0.39, 0.29) is 6.04 Å². The van der Waals surface area contributed by atoms with E-state index in [9.17, 15) is 0 Å². The molecule has 0 bridgehead atoms. The summed E-state index contributed by atoms with van der Waals surface area (Å²) in [5.41, 5.74) is 4.25. The van der Waals surface area contributed by atoms with Gasteiger partial charge in [-0.1, -0.05) is 0 Å². The van der Waals surface area contributed by atoms with E-state index in [1.807, 2.05) is 35.0 Å². The highest BCUT2D eigenvalue weighted by Crippen LogP contribution is 2.20. The van der Waals surface area contributed by atoms with Crippen LogP contribution in [0.2, 0.25) is 0 Å². The predicted octanol–water partition coefficient (Wildman–Crippen LogP) is 3.57. The molecule has 0 amide bonds. The van der Waals surface area contributed by atoms with Gasteiger partial charge in [0.05, 0.1) is 5.69 Å². The van der Waals surface area contributed by atoms with Gasteiger partial charge in [-0.15, -0.1) is 11.3 Å². The molecular formula is C16H20N4S. The fourth-order valence-electron chi connectivity index (χ4n) is 2.54. The zero-order chi connectivity index (χ0) is 15.0. The molecule has 1 atom stereocenters. The first kappa shape index (κ1) is 14.2. The molecule has 3 rings (SSSR count). The van der Waals surface area contributed by atoms with Crippen molar-refractivity contribution in [2.24, 2.45) is 0 Å². The molecule has 0 aliphatic heterocycles. The maximum atomic E-state index is 4.51. The molecule has 3 heterocycles. The van der Waals surface area contributed by atoms with E-state index >= 15 is 0 Å². The Morgan fingerprint density at radius 2 is 2.10 bits per heavy atom. The lowest BCUT2D eigenvalue weighted by Gasteiger charge is -2.16. The molecular weight excluding hydrogens is 280 g/mol. The summed E-state index contributed by atoms with van der Waals surface area (Å²) in [4.78, 5) is 7.22. The van der Waals surface area contributed by atoms with E-state index in [0.29, 0.717) is 0 Å². The van der Waals surface area contributed by atoms with Gasteiger partial charge >= 0.3 is 0 Å². The van der Waals surface area contributed by atoms with Crippen LogP contribution in [0.5, 0.6) is 0 Å². The van der Waals surface area contributed by atoms with Gasteiger partial charge in [-0.2, -0.15) is 5.10 Å². The molecule has 21 heavy (non-hydrogen) atoms. The summed E-state index contributed by atoms with van der Waals surface area (Å²) in [7, 11) is 0. The molecule has 0 saturated carbocycles. The zero-order valence-electron chi connectivity index (χ0n) is 12.8. The second-order valence-electron chi connectivity index (χ2n) is 5.47. The minimum absolute atomic E-state index is 0.244. The number of thiophene rings is 1. The Hall–Kier alpha value is -1.72. The average molecular weight is 300 g/mol. The minimum Gasteiger partial charge on any atom is -0.305 e. The quantitative estimate of drug-likeness (QED) is 0.801. The first-order chi connectivity index (χ1) is 10.0. The van der Waals surface area contributed by atoms with Crippen LogP contribution in [0.1, 0.15) is 39.7 Å². The van der Waals surface area contributed by atoms with Gasteiger partial charge in [0.1, 0.15) is 0 Å². The molecule has 0 radical (unpaired) electrons. The summed E-state index contributed by atoms with van der Waals surface area (Å²) in [6, 6.07) is 6.60. The van der Waals surface area contributed by atoms with Gasteiger partial charge in [-0.05, 0) is 39.8 Å². The number of fused-ring (bicyclic) bond motifs is 1. The molecule has 0 aromatic carbocycles. The van der Waals surface area contributed by atoms with Gasteiger partial charge < -0.3 is 5.32 Å². The zero-order valence-corrected chi connectivity index (χ0v) is 13.7. The third-order valence-corrected chi connectivity index (χ3v) is 4.73. The monoisotopic (exact) mass is 300 g/mol. The van der Waals surface area contributed by atoms with Crippen LogP contribution in [0.15, 0.2) is 24.4 Å². The van der Waals surface area contributed by atoms with Crippen molar-refractivity contribution >= 4 is 17.0 Å². The van der Waals surface area contributed by atoms with Crippen molar-refractivity contribution in [3.63, 3.8) is 0 Å². The Bertz CT molecular complexity index is 772. The highest BCUT2D eigenvalue weighted by atomic mass is 32.1. The SMILES string of the molecule is Cc1cc2ncc(C(C)NCc3ccc(C)s3)c(C)n2n1. The first-order valence-corrected chi connectivity index (χ1v) is 7.97. The van der Waals surface area contributed by atoms with Crippen LogP contribution in [-0.2, 0) is 6.54 Å². The molecule has 5 heteroatoms. The highest BCUT2D eigenvalue weighted by molar-refractivity contribution is 7.11. The molecule has 3 aromatic heterocycles. The third kappa shape index (κ3) is 2.84. The summed E-state index contributed by atoms with van der Waals surface area (Å²) in [6.07, 6.45) is 1.96.